The van der Waals surface area contributed by atoms with Gasteiger partial charge in [0.25, 0.3) is 0 Å². The van der Waals surface area contributed by atoms with Crippen LogP contribution in [0.25, 0.3) is 0 Å². The Bertz CT molecular complexity index is 419. The fraction of sp³-hybridized carbons (Fsp3) is 0.615. The minimum atomic E-state index is -0.0216. The summed E-state index contributed by atoms with van der Waals surface area (Å²) in [6.45, 7) is 6.13. The van der Waals surface area contributed by atoms with Crippen molar-refractivity contribution in [3.8, 4) is 0 Å². The molecule has 0 spiro atoms. The van der Waals surface area contributed by atoms with Gasteiger partial charge in [0.05, 0.1) is 18.3 Å². The highest BCUT2D eigenvalue weighted by Crippen LogP contribution is 2.14. The van der Waals surface area contributed by atoms with Crippen molar-refractivity contribution in [2.24, 2.45) is 0 Å². The van der Waals surface area contributed by atoms with E-state index in [0.29, 0.717) is 6.54 Å². The Morgan fingerprint density at radius 2 is 2.39 bits per heavy atom. The summed E-state index contributed by atoms with van der Waals surface area (Å²) in [5.74, 6) is 0.944. The molecule has 0 radical (unpaired) electrons. The normalized spacial score (nSPS) is 20.2. The summed E-state index contributed by atoms with van der Waals surface area (Å²) in [6, 6.07) is 1.85. The van der Waals surface area contributed by atoms with E-state index in [9.17, 15) is 4.79 Å². The van der Waals surface area contributed by atoms with Gasteiger partial charge in [0, 0.05) is 12.7 Å². The summed E-state index contributed by atoms with van der Waals surface area (Å²) < 4.78 is 0. The molecule has 2 rings (SSSR count). The standard InChI is InChI=1S/C13H20N4O/c1-3-14-12-5-4-8-17(13(12)18)9-11-6-7-15-10(2)16-11/h6-7,12,14H,3-5,8-9H2,1-2H3. The second-order valence-electron chi connectivity index (χ2n) is 4.61. The predicted octanol–water partition coefficient (Wildman–Crippen LogP) is 0.886. The van der Waals surface area contributed by atoms with Crippen LogP contribution < -0.4 is 5.32 Å². The lowest BCUT2D eigenvalue weighted by atomic mass is 10.0. The van der Waals surface area contributed by atoms with Gasteiger partial charge < -0.3 is 10.2 Å². The molecule has 1 amide bonds. The van der Waals surface area contributed by atoms with E-state index in [0.717, 1.165) is 37.4 Å². The molecule has 0 aliphatic carbocycles. The van der Waals surface area contributed by atoms with Crippen LogP contribution in [-0.2, 0) is 11.3 Å². The molecule has 0 bridgehead atoms. The highest BCUT2D eigenvalue weighted by Gasteiger charge is 2.27. The number of likely N-dealkylation sites (tertiary alicyclic amines) is 1. The van der Waals surface area contributed by atoms with Gasteiger partial charge in [-0.15, -0.1) is 0 Å². The number of hydrogen-bond acceptors (Lipinski definition) is 4. The molecular formula is C13H20N4O. The Morgan fingerprint density at radius 1 is 1.56 bits per heavy atom. The van der Waals surface area contributed by atoms with Crippen LogP contribution in [0.4, 0.5) is 0 Å². The number of carbonyl (C=O) groups excluding carboxylic acids is 1. The highest BCUT2D eigenvalue weighted by atomic mass is 16.2. The first-order valence-corrected chi connectivity index (χ1v) is 6.51. The number of likely N-dealkylation sites (N-methyl/N-ethyl adjacent to an activating group) is 1. The van der Waals surface area contributed by atoms with E-state index in [4.69, 9.17) is 0 Å². The quantitative estimate of drug-likeness (QED) is 0.859. The summed E-state index contributed by atoms with van der Waals surface area (Å²) in [7, 11) is 0. The zero-order valence-electron chi connectivity index (χ0n) is 11.0. The lowest BCUT2D eigenvalue weighted by molar-refractivity contribution is -0.136. The number of aryl methyl sites for hydroxylation is 1. The molecule has 1 fully saturated rings. The van der Waals surface area contributed by atoms with Gasteiger partial charge in [-0.3, -0.25) is 4.79 Å². The maximum absolute atomic E-state index is 12.2. The number of nitrogens with zero attached hydrogens (tertiary/aromatic N) is 3. The third kappa shape index (κ3) is 3.04. The van der Waals surface area contributed by atoms with Crippen molar-refractivity contribution in [1.82, 2.24) is 20.2 Å². The van der Waals surface area contributed by atoms with Crippen molar-refractivity contribution in [3.05, 3.63) is 23.8 Å². The Hall–Kier alpha value is -1.49. The van der Waals surface area contributed by atoms with Gasteiger partial charge in [-0.1, -0.05) is 6.92 Å². The molecule has 1 aliphatic rings. The van der Waals surface area contributed by atoms with Crippen molar-refractivity contribution in [3.63, 3.8) is 0 Å². The SMILES string of the molecule is CCNC1CCCN(Cc2ccnc(C)n2)C1=O. The van der Waals surface area contributed by atoms with E-state index in [1.165, 1.54) is 0 Å². The van der Waals surface area contributed by atoms with E-state index < -0.39 is 0 Å². The van der Waals surface area contributed by atoms with E-state index in [1.807, 2.05) is 24.8 Å². The van der Waals surface area contributed by atoms with Gasteiger partial charge in [0.1, 0.15) is 5.82 Å². The van der Waals surface area contributed by atoms with Crippen LogP contribution in [-0.4, -0.2) is 39.9 Å². The van der Waals surface area contributed by atoms with Gasteiger partial charge in [-0.05, 0) is 32.4 Å². The van der Waals surface area contributed by atoms with Gasteiger partial charge in [0.15, 0.2) is 0 Å². The number of piperidine rings is 1. The molecule has 1 aromatic rings. The van der Waals surface area contributed by atoms with Gasteiger partial charge in [0.2, 0.25) is 5.91 Å². The summed E-state index contributed by atoms with van der Waals surface area (Å²) in [6.07, 6.45) is 3.73. The highest BCUT2D eigenvalue weighted by molar-refractivity contribution is 5.82. The topological polar surface area (TPSA) is 58.1 Å². The molecule has 1 saturated heterocycles. The molecule has 5 heteroatoms. The summed E-state index contributed by atoms with van der Waals surface area (Å²) >= 11 is 0. The van der Waals surface area contributed by atoms with E-state index >= 15 is 0 Å². The molecule has 1 unspecified atom stereocenters. The number of rotatable bonds is 4. The van der Waals surface area contributed by atoms with Crippen LogP contribution in [0, 0.1) is 6.92 Å². The number of nitrogens with one attached hydrogen (secondary N) is 1. The Labute approximate surface area is 108 Å². The molecule has 1 aromatic heterocycles. The first-order chi connectivity index (χ1) is 8.70. The first kappa shape index (κ1) is 13.0. The number of carbonyl (C=O) groups is 1. The zero-order valence-corrected chi connectivity index (χ0v) is 11.0. The molecule has 1 atom stereocenters. The summed E-state index contributed by atoms with van der Waals surface area (Å²) in [4.78, 5) is 22.5. The smallest absolute Gasteiger partial charge is 0.240 e. The van der Waals surface area contributed by atoms with Crippen molar-refractivity contribution in [2.45, 2.75) is 39.3 Å². The number of aromatic nitrogens is 2. The molecule has 1 aliphatic heterocycles. The molecule has 98 valence electrons. The average Bonchev–Trinajstić information content (AvgIpc) is 2.35. The summed E-state index contributed by atoms with van der Waals surface area (Å²) in [5, 5.41) is 3.24. The maximum atomic E-state index is 12.2. The van der Waals surface area contributed by atoms with Crippen molar-refractivity contribution in [1.29, 1.82) is 0 Å². The van der Waals surface area contributed by atoms with Crippen LogP contribution in [0.2, 0.25) is 0 Å². The van der Waals surface area contributed by atoms with Crippen molar-refractivity contribution >= 4 is 5.91 Å². The van der Waals surface area contributed by atoms with E-state index in [-0.39, 0.29) is 11.9 Å². The molecule has 0 aromatic carbocycles. The lowest BCUT2D eigenvalue weighted by Gasteiger charge is -2.32. The first-order valence-electron chi connectivity index (χ1n) is 6.51. The number of hydrogen-bond donors (Lipinski definition) is 1. The van der Waals surface area contributed by atoms with Gasteiger partial charge in [-0.2, -0.15) is 0 Å². The number of amides is 1. The maximum Gasteiger partial charge on any atom is 0.240 e. The Kier molecular flexibility index (Phi) is 4.25. The van der Waals surface area contributed by atoms with Crippen LogP contribution >= 0.6 is 0 Å². The minimum absolute atomic E-state index is 0.0216. The second kappa shape index (κ2) is 5.91. The van der Waals surface area contributed by atoms with E-state index in [1.54, 1.807) is 6.20 Å². The third-order valence-corrected chi connectivity index (χ3v) is 3.17. The molecule has 18 heavy (non-hydrogen) atoms. The zero-order chi connectivity index (χ0) is 13.0. The molecular weight excluding hydrogens is 228 g/mol. The second-order valence-corrected chi connectivity index (χ2v) is 4.61. The summed E-state index contributed by atoms with van der Waals surface area (Å²) in [5.41, 5.74) is 0.910. The minimum Gasteiger partial charge on any atom is -0.335 e. The monoisotopic (exact) mass is 248 g/mol. The van der Waals surface area contributed by atoms with E-state index in [2.05, 4.69) is 15.3 Å². The van der Waals surface area contributed by atoms with Crippen LogP contribution in [0.5, 0.6) is 0 Å². The van der Waals surface area contributed by atoms with Gasteiger partial charge >= 0.3 is 0 Å². The fourth-order valence-electron chi connectivity index (χ4n) is 2.32. The molecule has 2 heterocycles. The van der Waals surface area contributed by atoms with Crippen LogP contribution in [0.1, 0.15) is 31.3 Å². The average molecular weight is 248 g/mol. The fourth-order valence-corrected chi connectivity index (χ4v) is 2.32. The van der Waals surface area contributed by atoms with Crippen molar-refractivity contribution in [2.75, 3.05) is 13.1 Å². The van der Waals surface area contributed by atoms with Crippen LogP contribution in [0.3, 0.4) is 0 Å². The van der Waals surface area contributed by atoms with Crippen LogP contribution in [0.15, 0.2) is 12.3 Å². The molecule has 1 N–H and O–H groups in total. The Morgan fingerprint density at radius 3 is 3.11 bits per heavy atom. The third-order valence-electron chi connectivity index (χ3n) is 3.17. The molecule has 5 nitrogen and oxygen atoms in total. The molecule has 0 saturated carbocycles. The van der Waals surface area contributed by atoms with Crippen molar-refractivity contribution < 1.29 is 4.79 Å². The Balaban J connectivity index is 2.02. The predicted molar refractivity (Wildman–Crippen MR) is 68.9 cm³/mol. The largest absolute Gasteiger partial charge is 0.335 e. The lowest BCUT2D eigenvalue weighted by Crippen LogP contribution is -2.50. The van der Waals surface area contributed by atoms with Gasteiger partial charge in [-0.25, -0.2) is 9.97 Å².